The molecule has 0 aromatic heterocycles. The molecule has 0 spiro atoms. The number of benzene rings is 1. The van der Waals surface area contributed by atoms with E-state index in [9.17, 15) is 9.59 Å². The van der Waals surface area contributed by atoms with Crippen LogP contribution in [0.25, 0.3) is 0 Å². The molecule has 0 radical (unpaired) electrons. The molecule has 124 valence electrons. The second-order valence-electron chi connectivity index (χ2n) is 6.83. The molecule has 2 fully saturated rings. The third kappa shape index (κ3) is 4.12. The topological polar surface area (TPSA) is 49.4 Å². The Labute approximate surface area is 138 Å². The van der Waals surface area contributed by atoms with Crippen LogP contribution in [0.2, 0.25) is 0 Å². The highest BCUT2D eigenvalue weighted by Crippen LogP contribution is 2.30. The predicted octanol–water partition coefficient (Wildman–Crippen LogP) is 2.85. The third-order valence-corrected chi connectivity index (χ3v) is 5.20. The van der Waals surface area contributed by atoms with Crippen LogP contribution >= 0.6 is 0 Å². The molecule has 1 heterocycles. The molecule has 4 nitrogen and oxygen atoms in total. The van der Waals surface area contributed by atoms with Gasteiger partial charge in [0.25, 0.3) is 5.91 Å². The fraction of sp³-hybridized carbons (Fsp3) is 0.579. The summed E-state index contributed by atoms with van der Waals surface area (Å²) >= 11 is 0. The molecular formula is C19H26N2O2. The van der Waals surface area contributed by atoms with E-state index in [0.717, 1.165) is 58.2 Å². The Morgan fingerprint density at radius 1 is 1.00 bits per heavy atom. The van der Waals surface area contributed by atoms with Crippen molar-refractivity contribution in [3.05, 3.63) is 35.9 Å². The lowest BCUT2D eigenvalue weighted by Crippen LogP contribution is -2.37. The minimum absolute atomic E-state index is 0.000802. The molecule has 1 N–H and O–H groups in total. The maximum Gasteiger partial charge on any atom is 0.251 e. The summed E-state index contributed by atoms with van der Waals surface area (Å²) in [5, 5.41) is 3.03. The maximum atomic E-state index is 12.4. The average Bonchev–Trinajstić information content (AvgIpc) is 3.15. The zero-order valence-corrected chi connectivity index (χ0v) is 13.7. The van der Waals surface area contributed by atoms with E-state index < -0.39 is 0 Å². The Morgan fingerprint density at radius 3 is 2.30 bits per heavy atom. The number of nitrogens with one attached hydrogen (secondary N) is 1. The summed E-state index contributed by atoms with van der Waals surface area (Å²) in [6.07, 6.45) is 6.35. The zero-order chi connectivity index (χ0) is 16.1. The minimum atomic E-state index is 0.000802. The Hall–Kier alpha value is -1.84. The first-order valence-corrected chi connectivity index (χ1v) is 8.86. The number of likely N-dealkylation sites (tertiary alicyclic amines) is 1. The van der Waals surface area contributed by atoms with Gasteiger partial charge in [-0.2, -0.15) is 0 Å². The number of hydrogen-bond donors (Lipinski definition) is 1. The van der Waals surface area contributed by atoms with Crippen LogP contribution in [-0.4, -0.2) is 36.3 Å². The van der Waals surface area contributed by atoms with Crippen molar-refractivity contribution >= 4 is 11.8 Å². The van der Waals surface area contributed by atoms with Gasteiger partial charge in [-0.1, -0.05) is 18.2 Å². The fourth-order valence-corrected chi connectivity index (χ4v) is 3.74. The first-order chi connectivity index (χ1) is 11.2. The van der Waals surface area contributed by atoms with Gasteiger partial charge in [-0.25, -0.2) is 0 Å². The van der Waals surface area contributed by atoms with Gasteiger partial charge in [-0.05, 0) is 56.6 Å². The van der Waals surface area contributed by atoms with Gasteiger partial charge in [0.2, 0.25) is 5.91 Å². The van der Waals surface area contributed by atoms with Crippen molar-refractivity contribution in [3.63, 3.8) is 0 Å². The van der Waals surface area contributed by atoms with Crippen LogP contribution in [0, 0.1) is 11.8 Å². The monoisotopic (exact) mass is 314 g/mol. The summed E-state index contributed by atoms with van der Waals surface area (Å²) < 4.78 is 0. The predicted molar refractivity (Wildman–Crippen MR) is 90.0 cm³/mol. The van der Waals surface area contributed by atoms with Gasteiger partial charge in [0.05, 0.1) is 0 Å². The first kappa shape index (κ1) is 16.0. The summed E-state index contributed by atoms with van der Waals surface area (Å²) in [5.41, 5.74) is 0.713. The smallest absolute Gasteiger partial charge is 0.251 e. The summed E-state index contributed by atoms with van der Waals surface area (Å²) in [5.74, 6) is 1.09. The lowest BCUT2D eigenvalue weighted by atomic mass is 9.81. The average molecular weight is 314 g/mol. The molecule has 1 aliphatic carbocycles. The SMILES string of the molecule is O=C(NCC1CCC(C(=O)N2CCCC2)CC1)c1ccccc1. The third-order valence-electron chi connectivity index (χ3n) is 5.20. The van der Waals surface area contributed by atoms with E-state index in [4.69, 9.17) is 0 Å². The Morgan fingerprint density at radius 2 is 1.65 bits per heavy atom. The number of carbonyl (C=O) groups excluding carboxylic acids is 2. The van der Waals surface area contributed by atoms with E-state index in [0.29, 0.717) is 17.4 Å². The number of amides is 2. The van der Waals surface area contributed by atoms with Crippen LogP contribution in [0.5, 0.6) is 0 Å². The number of carbonyl (C=O) groups is 2. The molecule has 23 heavy (non-hydrogen) atoms. The van der Waals surface area contributed by atoms with Crippen molar-refractivity contribution in [3.8, 4) is 0 Å². The normalized spacial score (nSPS) is 24.4. The van der Waals surface area contributed by atoms with Gasteiger partial charge in [0.15, 0.2) is 0 Å². The lowest BCUT2D eigenvalue weighted by molar-refractivity contribution is -0.135. The van der Waals surface area contributed by atoms with Gasteiger partial charge in [0, 0.05) is 31.1 Å². The lowest BCUT2D eigenvalue weighted by Gasteiger charge is -2.30. The molecule has 1 aromatic rings. The highest BCUT2D eigenvalue weighted by molar-refractivity contribution is 5.94. The molecule has 0 atom stereocenters. The molecule has 1 aliphatic heterocycles. The summed E-state index contributed by atoms with van der Waals surface area (Å²) in [4.78, 5) is 26.5. The number of nitrogens with zero attached hydrogens (tertiary/aromatic N) is 1. The van der Waals surface area contributed by atoms with Crippen molar-refractivity contribution < 1.29 is 9.59 Å². The highest BCUT2D eigenvalue weighted by atomic mass is 16.2. The van der Waals surface area contributed by atoms with Gasteiger partial charge >= 0.3 is 0 Å². The molecule has 1 saturated heterocycles. The summed E-state index contributed by atoms with van der Waals surface area (Å²) in [7, 11) is 0. The van der Waals surface area contributed by atoms with Crippen molar-refractivity contribution in [2.75, 3.05) is 19.6 Å². The van der Waals surface area contributed by atoms with E-state index >= 15 is 0 Å². The maximum absolute atomic E-state index is 12.4. The molecule has 1 saturated carbocycles. The van der Waals surface area contributed by atoms with E-state index in [1.165, 1.54) is 0 Å². The largest absolute Gasteiger partial charge is 0.352 e. The van der Waals surface area contributed by atoms with Crippen LogP contribution in [0.1, 0.15) is 48.9 Å². The molecule has 4 heteroatoms. The molecule has 1 aromatic carbocycles. The van der Waals surface area contributed by atoms with Gasteiger partial charge < -0.3 is 10.2 Å². The van der Waals surface area contributed by atoms with E-state index in [1.807, 2.05) is 35.2 Å². The molecule has 2 amide bonds. The van der Waals surface area contributed by atoms with Crippen LogP contribution in [-0.2, 0) is 4.79 Å². The Bertz CT molecular complexity index is 530. The quantitative estimate of drug-likeness (QED) is 0.929. The number of rotatable bonds is 4. The second-order valence-corrected chi connectivity index (χ2v) is 6.83. The summed E-state index contributed by atoms with van der Waals surface area (Å²) in [6.45, 7) is 2.62. The van der Waals surface area contributed by atoms with Crippen molar-refractivity contribution in [2.24, 2.45) is 11.8 Å². The minimum Gasteiger partial charge on any atom is -0.352 e. The standard InChI is InChI=1S/C19H26N2O2/c22-18(16-6-2-1-3-7-16)20-14-15-8-10-17(11-9-15)19(23)21-12-4-5-13-21/h1-3,6-7,15,17H,4-5,8-14H2,(H,20,22). The van der Waals surface area contributed by atoms with Crippen molar-refractivity contribution in [2.45, 2.75) is 38.5 Å². The second kappa shape index (κ2) is 7.62. The van der Waals surface area contributed by atoms with Crippen molar-refractivity contribution in [1.82, 2.24) is 10.2 Å². The van der Waals surface area contributed by atoms with Gasteiger partial charge in [-0.15, -0.1) is 0 Å². The van der Waals surface area contributed by atoms with Gasteiger partial charge in [0.1, 0.15) is 0 Å². The molecule has 2 aliphatic rings. The highest BCUT2D eigenvalue weighted by Gasteiger charge is 2.30. The van der Waals surface area contributed by atoms with Crippen LogP contribution < -0.4 is 5.32 Å². The molecule has 0 unspecified atom stereocenters. The molecular weight excluding hydrogens is 288 g/mol. The molecule has 3 rings (SSSR count). The fourth-order valence-electron chi connectivity index (χ4n) is 3.74. The Kier molecular flexibility index (Phi) is 5.31. The number of hydrogen-bond acceptors (Lipinski definition) is 2. The van der Waals surface area contributed by atoms with Crippen molar-refractivity contribution in [1.29, 1.82) is 0 Å². The van der Waals surface area contributed by atoms with E-state index in [2.05, 4.69) is 5.32 Å². The summed E-state index contributed by atoms with van der Waals surface area (Å²) in [6, 6.07) is 9.34. The first-order valence-electron chi connectivity index (χ1n) is 8.86. The Balaban J connectivity index is 1.41. The molecule has 0 bridgehead atoms. The van der Waals surface area contributed by atoms with E-state index in [1.54, 1.807) is 0 Å². The van der Waals surface area contributed by atoms with E-state index in [-0.39, 0.29) is 11.8 Å². The van der Waals surface area contributed by atoms with Gasteiger partial charge in [-0.3, -0.25) is 9.59 Å². The van der Waals surface area contributed by atoms with Crippen LogP contribution in [0.3, 0.4) is 0 Å². The van der Waals surface area contributed by atoms with Crippen LogP contribution in [0.4, 0.5) is 0 Å². The van der Waals surface area contributed by atoms with Crippen LogP contribution in [0.15, 0.2) is 30.3 Å². The zero-order valence-electron chi connectivity index (χ0n) is 13.7.